The van der Waals surface area contributed by atoms with E-state index in [0.717, 1.165) is 11.3 Å². The number of fused-ring (bicyclic) bond motifs is 1. The summed E-state index contributed by atoms with van der Waals surface area (Å²) >= 11 is 0. The van der Waals surface area contributed by atoms with Crippen molar-refractivity contribution in [1.82, 2.24) is 0 Å². The second-order valence-corrected chi connectivity index (χ2v) is 7.67. The molecule has 0 aliphatic carbocycles. The molecular formula is C23H23FN2O4. The minimum Gasteiger partial charge on any atom is -0.497 e. The molecule has 2 aromatic rings. The number of carbonyl (C=O) groups excluding carboxylic acids is 1. The van der Waals surface area contributed by atoms with Crippen molar-refractivity contribution in [3.05, 3.63) is 59.1 Å². The molecule has 0 aromatic heterocycles. The van der Waals surface area contributed by atoms with Crippen LogP contribution in [0.3, 0.4) is 0 Å². The maximum atomic E-state index is 13.5. The van der Waals surface area contributed by atoms with Gasteiger partial charge in [0.2, 0.25) is 0 Å². The van der Waals surface area contributed by atoms with E-state index >= 15 is 0 Å². The lowest BCUT2D eigenvalue weighted by molar-refractivity contribution is -0.111. The van der Waals surface area contributed by atoms with E-state index < -0.39 is 11.4 Å². The van der Waals surface area contributed by atoms with Gasteiger partial charge in [-0.3, -0.25) is 9.79 Å². The molecule has 2 aromatic carbocycles. The van der Waals surface area contributed by atoms with Crippen LogP contribution in [-0.4, -0.2) is 31.4 Å². The predicted molar refractivity (Wildman–Crippen MR) is 112 cm³/mol. The molecule has 30 heavy (non-hydrogen) atoms. The lowest BCUT2D eigenvalue weighted by Gasteiger charge is -2.19. The third-order valence-corrected chi connectivity index (χ3v) is 5.34. The summed E-state index contributed by atoms with van der Waals surface area (Å²) < 4.78 is 30.3. The van der Waals surface area contributed by atoms with Crippen LogP contribution in [0.5, 0.6) is 11.5 Å². The first kappa shape index (κ1) is 19.9. The van der Waals surface area contributed by atoms with Crippen LogP contribution in [-0.2, 0) is 16.1 Å². The van der Waals surface area contributed by atoms with Gasteiger partial charge in [-0.05, 0) is 44.2 Å². The molecule has 0 atom stereocenters. The lowest BCUT2D eigenvalue weighted by atomic mass is 10.00. The molecule has 0 radical (unpaired) electrons. The summed E-state index contributed by atoms with van der Waals surface area (Å²) in [5.41, 5.74) is 2.62. The number of nitrogens with zero attached hydrogens (tertiary/aromatic N) is 1. The topological polar surface area (TPSA) is 69.2 Å². The van der Waals surface area contributed by atoms with Crippen molar-refractivity contribution in [3.63, 3.8) is 0 Å². The van der Waals surface area contributed by atoms with Gasteiger partial charge in [0.25, 0.3) is 5.91 Å². The van der Waals surface area contributed by atoms with E-state index in [1.54, 1.807) is 20.3 Å². The zero-order chi connectivity index (χ0) is 21.5. The van der Waals surface area contributed by atoms with Crippen molar-refractivity contribution in [2.45, 2.75) is 32.4 Å². The minimum absolute atomic E-state index is 0.292. The van der Waals surface area contributed by atoms with Crippen molar-refractivity contribution in [2.75, 3.05) is 19.5 Å². The highest BCUT2D eigenvalue weighted by atomic mass is 19.1. The van der Waals surface area contributed by atoms with Gasteiger partial charge in [-0.1, -0.05) is 0 Å². The van der Waals surface area contributed by atoms with Gasteiger partial charge >= 0.3 is 0 Å². The van der Waals surface area contributed by atoms with Gasteiger partial charge in [0.1, 0.15) is 28.7 Å². The van der Waals surface area contributed by atoms with Crippen LogP contribution < -0.4 is 14.8 Å². The minimum atomic E-state index is -0.662. The summed E-state index contributed by atoms with van der Waals surface area (Å²) in [6.07, 6.45) is 0.408. The van der Waals surface area contributed by atoms with E-state index in [2.05, 4.69) is 5.32 Å². The SMILES string of the molecule is COc1ccc(CN=C2C/C(=C3\C(=O)Nc4cc(F)ccc43)OC2(C)C)c(OC)c1. The zero-order valence-electron chi connectivity index (χ0n) is 17.3. The Balaban J connectivity index is 1.65. The molecule has 0 spiro atoms. The Hall–Kier alpha value is -3.35. The van der Waals surface area contributed by atoms with E-state index in [1.807, 2.05) is 32.0 Å². The van der Waals surface area contributed by atoms with Crippen LogP contribution >= 0.6 is 0 Å². The third-order valence-electron chi connectivity index (χ3n) is 5.34. The third kappa shape index (κ3) is 3.51. The number of methoxy groups -OCH3 is 2. The maximum Gasteiger partial charge on any atom is 0.259 e. The van der Waals surface area contributed by atoms with Crippen molar-refractivity contribution in [1.29, 1.82) is 0 Å². The Morgan fingerprint density at radius 2 is 1.97 bits per heavy atom. The molecule has 2 heterocycles. The quantitative estimate of drug-likeness (QED) is 0.761. The molecule has 1 amide bonds. The summed E-state index contributed by atoms with van der Waals surface area (Å²) in [5, 5.41) is 2.71. The van der Waals surface area contributed by atoms with E-state index in [0.29, 0.717) is 47.0 Å². The fourth-order valence-electron chi connectivity index (χ4n) is 3.74. The van der Waals surface area contributed by atoms with Crippen molar-refractivity contribution in [2.24, 2.45) is 4.99 Å². The van der Waals surface area contributed by atoms with Gasteiger partial charge in [-0.2, -0.15) is 0 Å². The largest absolute Gasteiger partial charge is 0.497 e. The summed E-state index contributed by atoms with van der Waals surface area (Å²) in [7, 11) is 3.21. The Bertz CT molecular complexity index is 1090. The first-order valence-electron chi connectivity index (χ1n) is 9.60. The van der Waals surface area contributed by atoms with Crippen LogP contribution in [0.4, 0.5) is 10.1 Å². The molecule has 0 bridgehead atoms. The summed E-state index contributed by atoms with van der Waals surface area (Å²) in [5.74, 6) is 1.26. The number of hydrogen-bond donors (Lipinski definition) is 1. The van der Waals surface area contributed by atoms with Gasteiger partial charge in [0.05, 0.1) is 37.7 Å². The van der Waals surface area contributed by atoms with Crippen LogP contribution in [0.25, 0.3) is 5.57 Å². The van der Waals surface area contributed by atoms with Crippen LogP contribution in [0, 0.1) is 5.82 Å². The molecular weight excluding hydrogens is 387 g/mol. The Labute approximate surface area is 174 Å². The number of ether oxygens (including phenoxy) is 3. The molecule has 1 saturated heterocycles. The van der Waals surface area contributed by atoms with Crippen LogP contribution in [0.1, 0.15) is 31.4 Å². The van der Waals surface area contributed by atoms with E-state index in [4.69, 9.17) is 19.2 Å². The van der Waals surface area contributed by atoms with Gasteiger partial charge in [-0.25, -0.2) is 4.39 Å². The number of hydrogen-bond acceptors (Lipinski definition) is 5. The second-order valence-electron chi connectivity index (χ2n) is 7.67. The van der Waals surface area contributed by atoms with Crippen LogP contribution in [0.15, 0.2) is 47.1 Å². The van der Waals surface area contributed by atoms with Crippen LogP contribution in [0.2, 0.25) is 0 Å². The molecule has 0 saturated carbocycles. The highest BCUT2D eigenvalue weighted by molar-refractivity contribution is 6.32. The van der Waals surface area contributed by atoms with Gasteiger partial charge < -0.3 is 19.5 Å². The summed E-state index contributed by atoms with van der Waals surface area (Å²) in [6, 6.07) is 9.84. The molecule has 1 fully saturated rings. The van der Waals surface area contributed by atoms with Crippen molar-refractivity contribution >= 4 is 22.9 Å². The Morgan fingerprint density at radius 3 is 2.70 bits per heavy atom. The first-order valence-corrected chi connectivity index (χ1v) is 9.60. The summed E-state index contributed by atoms with van der Waals surface area (Å²) in [6.45, 7) is 4.25. The number of rotatable bonds is 4. The molecule has 156 valence electrons. The average Bonchev–Trinajstić information content (AvgIpc) is 3.19. The fraction of sp³-hybridized carbons (Fsp3) is 0.304. The molecule has 4 rings (SSSR count). The molecule has 6 nitrogen and oxygen atoms in total. The maximum absolute atomic E-state index is 13.5. The molecule has 7 heteroatoms. The molecule has 2 aliphatic heterocycles. The molecule has 0 unspecified atom stereocenters. The van der Waals surface area contributed by atoms with Gasteiger partial charge in [0.15, 0.2) is 0 Å². The predicted octanol–water partition coefficient (Wildman–Crippen LogP) is 4.35. The number of aliphatic imine (C=N–C) groups is 1. The molecule has 1 N–H and O–H groups in total. The zero-order valence-corrected chi connectivity index (χ0v) is 17.3. The lowest BCUT2D eigenvalue weighted by Crippen LogP contribution is -2.27. The van der Waals surface area contributed by atoms with E-state index in [-0.39, 0.29) is 5.91 Å². The second kappa shape index (κ2) is 7.48. The smallest absolute Gasteiger partial charge is 0.259 e. The Morgan fingerprint density at radius 1 is 1.17 bits per heavy atom. The first-order chi connectivity index (χ1) is 14.3. The number of amides is 1. The normalized spacial score (nSPS) is 20.7. The average molecular weight is 410 g/mol. The van der Waals surface area contributed by atoms with E-state index in [9.17, 15) is 9.18 Å². The highest BCUT2D eigenvalue weighted by Crippen LogP contribution is 2.41. The number of anilines is 1. The molecule has 2 aliphatic rings. The highest BCUT2D eigenvalue weighted by Gasteiger charge is 2.40. The van der Waals surface area contributed by atoms with Gasteiger partial charge in [0, 0.05) is 23.6 Å². The number of halogens is 1. The number of nitrogens with one attached hydrogen (secondary N) is 1. The van der Waals surface area contributed by atoms with Crippen molar-refractivity contribution in [3.8, 4) is 11.5 Å². The van der Waals surface area contributed by atoms with Gasteiger partial charge in [-0.15, -0.1) is 0 Å². The summed E-state index contributed by atoms with van der Waals surface area (Å²) in [4.78, 5) is 17.3. The number of benzene rings is 2. The van der Waals surface area contributed by atoms with E-state index in [1.165, 1.54) is 12.1 Å². The fourth-order valence-corrected chi connectivity index (χ4v) is 3.74. The Kier molecular flexibility index (Phi) is 4.97. The monoisotopic (exact) mass is 410 g/mol. The standard InChI is InChI=1S/C23H23FN2O4/c1-23(2)20(25-12-13-5-7-15(28-3)10-18(13)29-4)11-19(30-23)21-16-8-6-14(24)9-17(16)26-22(21)27/h5-10H,11-12H2,1-4H3,(H,26,27)/b21-19+,25-20?. The number of allylic oxidation sites excluding steroid dienone is 1. The van der Waals surface area contributed by atoms with Crippen molar-refractivity contribution < 1.29 is 23.4 Å². The number of carbonyl (C=O) groups is 1.